The topological polar surface area (TPSA) is 95.2 Å². The van der Waals surface area contributed by atoms with Crippen molar-refractivity contribution in [1.82, 2.24) is 15.6 Å². The van der Waals surface area contributed by atoms with Gasteiger partial charge in [-0.3, -0.25) is 4.79 Å². The van der Waals surface area contributed by atoms with Crippen molar-refractivity contribution < 1.29 is 18.4 Å². The number of anilines is 3. The van der Waals surface area contributed by atoms with Crippen LogP contribution in [0.3, 0.4) is 0 Å². The third-order valence-electron chi connectivity index (χ3n) is 4.78. The predicted molar refractivity (Wildman–Crippen MR) is 119 cm³/mol. The van der Waals surface area contributed by atoms with E-state index in [1.165, 1.54) is 0 Å². The highest BCUT2D eigenvalue weighted by Crippen LogP contribution is 2.23. The van der Waals surface area contributed by atoms with Crippen molar-refractivity contribution in [2.45, 2.75) is 31.8 Å². The van der Waals surface area contributed by atoms with Gasteiger partial charge in [0, 0.05) is 28.9 Å². The summed E-state index contributed by atoms with van der Waals surface area (Å²) in [4.78, 5) is 28.5. The third-order valence-corrected chi connectivity index (χ3v) is 5.54. The van der Waals surface area contributed by atoms with Crippen molar-refractivity contribution in [2.24, 2.45) is 0 Å². The van der Waals surface area contributed by atoms with E-state index < -0.39 is 11.6 Å². The van der Waals surface area contributed by atoms with Gasteiger partial charge in [0.2, 0.25) is 0 Å². The number of nitrogens with one attached hydrogen (secondary N) is 4. The van der Waals surface area contributed by atoms with Crippen LogP contribution in [0.1, 0.15) is 41.9 Å². The summed E-state index contributed by atoms with van der Waals surface area (Å²) in [6, 6.07) is 10.00. The maximum atomic E-state index is 13.3. The average Bonchev–Trinajstić information content (AvgIpc) is 3.41. The van der Waals surface area contributed by atoms with Gasteiger partial charge in [-0.25, -0.2) is 18.6 Å². The van der Waals surface area contributed by atoms with Crippen LogP contribution in [0, 0.1) is 11.6 Å². The van der Waals surface area contributed by atoms with Crippen molar-refractivity contribution in [1.29, 1.82) is 0 Å². The SMILES string of the molecule is CC(NC(=O)c1csc(Nc2cc(F)cc(F)c2)n1)c1ccc(NC(=O)NC2CC2)cc1. The first-order valence-electron chi connectivity index (χ1n) is 10.0. The number of aromatic nitrogens is 1. The van der Waals surface area contributed by atoms with E-state index in [2.05, 4.69) is 26.3 Å². The molecule has 10 heteroatoms. The van der Waals surface area contributed by atoms with Crippen molar-refractivity contribution >= 4 is 39.8 Å². The van der Waals surface area contributed by atoms with Crippen LogP contribution >= 0.6 is 11.3 Å². The van der Waals surface area contributed by atoms with Crippen LogP contribution in [0.4, 0.5) is 30.1 Å². The number of hydrogen-bond donors (Lipinski definition) is 4. The van der Waals surface area contributed by atoms with Gasteiger partial charge in [0.25, 0.3) is 5.91 Å². The van der Waals surface area contributed by atoms with E-state index >= 15 is 0 Å². The molecule has 2 aromatic carbocycles. The molecule has 1 aromatic heterocycles. The van der Waals surface area contributed by atoms with Crippen LogP contribution in [0.15, 0.2) is 47.8 Å². The van der Waals surface area contributed by atoms with E-state index in [9.17, 15) is 18.4 Å². The fourth-order valence-corrected chi connectivity index (χ4v) is 3.69. The number of thiazole rings is 1. The quantitative estimate of drug-likeness (QED) is 0.404. The summed E-state index contributed by atoms with van der Waals surface area (Å²) in [5.41, 5.74) is 1.91. The molecule has 1 atom stereocenters. The van der Waals surface area contributed by atoms with Crippen molar-refractivity contribution in [3.05, 3.63) is 70.7 Å². The second kappa shape index (κ2) is 9.31. The Hall–Kier alpha value is -3.53. The fourth-order valence-electron chi connectivity index (χ4n) is 2.97. The van der Waals surface area contributed by atoms with Crippen LogP contribution < -0.4 is 21.3 Å². The van der Waals surface area contributed by atoms with Crippen LogP contribution in [0.2, 0.25) is 0 Å². The molecule has 4 rings (SSSR count). The van der Waals surface area contributed by atoms with E-state index in [1.807, 2.05) is 19.1 Å². The van der Waals surface area contributed by atoms with Crippen molar-refractivity contribution in [2.75, 3.05) is 10.6 Å². The van der Waals surface area contributed by atoms with Gasteiger partial charge < -0.3 is 21.3 Å². The van der Waals surface area contributed by atoms with Gasteiger partial charge in [0.15, 0.2) is 5.13 Å². The summed E-state index contributed by atoms with van der Waals surface area (Å²) in [6.07, 6.45) is 2.03. The number of urea groups is 1. The van der Waals surface area contributed by atoms with Gasteiger partial charge in [0.05, 0.1) is 6.04 Å². The molecular weight excluding hydrogens is 436 g/mol. The number of halogens is 2. The molecule has 1 heterocycles. The molecule has 0 aliphatic heterocycles. The lowest BCUT2D eigenvalue weighted by molar-refractivity contribution is 0.0935. The number of carbonyl (C=O) groups is 2. The molecule has 32 heavy (non-hydrogen) atoms. The highest BCUT2D eigenvalue weighted by molar-refractivity contribution is 7.14. The van der Waals surface area contributed by atoms with E-state index in [-0.39, 0.29) is 35.4 Å². The molecule has 4 N–H and O–H groups in total. The van der Waals surface area contributed by atoms with E-state index in [4.69, 9.17) is 0 Å². The van der Waals surface area contributed by atoms with Gasteiger partial charge in [-0.2, -0.15) is 0 Å². The Kier molecular flexibility index (Phi) is 6.31. The largest absolute Gasteiger partial charge is 0.344 e. The number of benzene rings is 2. The molecule has 3 amide bonds. The summed E-state index contributed by atoms with van der Waals surface area (Å²) in [6.45, 7) is 1.83. The van der Waals surface area contributed by atoms with Crippen LogP contribution in [-0.4, -0.2) is 23.0 Å². The molecule has 3 aromatic rings. The van der Waals surface area contributed by atoms with Crippen molar-refractivity contribution in [3.8, 4) is 0 Å². The molecule has 1 saturated carbocycles. The first-order chi connectivity index (χ1) is 15.4. The number of nitrogens with zero attached hydrogens (tertiary/aromatic N) is 1. The molecule has 0 bridgehead atoms. The van der Waals surface area contributed by atoms with Gasteiger partial charge in [-0.1, -0.05) is 12.1 Å². The summed E-state index contributed by atoms with van der Waals surface area (Å²) in [5, 5.41) is 13.2. The Balaban J connectivity index is 1.32. The second-order valence-electron chi connectivity index (χ2n) is 7.51. The Bertz CT molecular complexity index is 1110. The first-order valence-corrected chi connectivity index (χ1v) is 10.9. The van der Waals surface area contributed by atoms with Gasteiger partial charge in [-0.15, -0.1) is 11.3 Å². The monoisotopic (exact) mass is 457 g/mol. The molecule has 7 nitrogen and oxygen atoms in total. The van der Waals surface area contributed by atoms with Gasteiger partial charge >= 0.3 is 6.03 Å². The summed E-state index contributed by atoms with van der Waals surface area (Å²) >= 11 is 1.15. The number of amides is 3. The lowest BCUT2D eigenvalue weighted by Gasteiger charge is -2.14. The molecule has 0 saturated heterocycles. The summed E-state index contributed by atoms with van der Waals surface area (Å²) < 4.78 is 26.6. The van der Waals surface area contributed by atoms with E-state index in [0.29, 0.717) is 10.8 Å². The smallest absolute Gasteiger partial charge is 0.319 e. The Morgan fingerprint density at radius 2 is 1.75 bits per heavy atom. The predicted octanol–water partition coefficient (Wildman–Crippen LogP) is 4.94. The molecule has 1 fully saturated rings. The Labute approximate surface area is 187 Å². The molecule has 0 radical (unpaired) electrons. The molecular formula is C22H21F2N5O2S. The maximum absolute atomic E-state index is 13.3. The number of rotatable bonds is 7. The minimum Gasteiger partial charge on any atom is -0.344 e. The zero-order chi connectivity index (χ0) is 22.7. The van der Waals surface area contributed by atoms with E-state index in [0.717, 1.165) is 47.9 Å². The van der Waals surface area contributed by atoms with Crippen LogP contribution in [0.25, 0.3) is 0 Å². The number of carbonyl (C=O) groups excluding carboxylic acids is 2. The standard InChI is InChI=1S/C22H21F2N5O2S/c1-12(13-2-4-16(5-3-13)26-21(31)27-17-6-7-17)25-20(30)19-11-32-22(29-19)28-18-9-14(23)8-15(24)10-18/h2-5,8-12,17H,6-7H2,1H3,(H,25,30)(H,28,29)(H2,26,27,31). The third kappa shape index (κ3) is 5.79. The zero-order valence-electron chi connectivity index (χ0n) is 17.1. The average molecular weight is 458 g/mol. The lowest BCUT2D eigenvalue weighted by atomic mass is 10.1. The molecule has 0 spiro atoms. The first kappa shape index (κ1) is 21.7. The summed E-state index contributed by atoms with van der Waals surface area (Å²) in [7, 11) is 0. The molecule has 1 unspecified atom stereocenters. The molecule has 1 aliphatic rings. The van der Waals surface area contributed by atoms with Gasteiger partial charge in [0.1, 0.15) is 17.3 Å². The van der Waals surface area contributed by atoms with Gasteiger partial charge in [-0.05, 0) is 49.6 Å². The van der Waals surface area contributed by atoms with Crippen LogP contribution in [-0.2, 0) is 0 Å². The molecule has 1 aliphatic carbocycles. The minimum atomic E-state index is -0.708. The fraction of sp³-hybridized carbons (Fsp3) is 0.227. The second-order valence-corrected chi connectivity index (χ2v) is 8.37. The normalized spacial score (nSPS) is 13.8. The van der Waals surface area contributed by atoms with E-state index in [1.54, 1.807) is 17.5 Å². The Morgan fingerprint density at radius 3 is 2.41 bits per heavy atom. The highest BCUT2D eigenvalue weighted by atomic mass is 32.1. The minimum absolute atomic E-state index is 0.191. The number of hydrogen-bond acceptors (Lipinski definition) is 5. The lowest BCUT2D eigenvalue weighted by Crippen LogP contribution is -2.30. The Morgan fingerprint density at radius 1 is 1.06 bits per heavy atom. The zero-order valence-corrected chi connectivity index (χ0v) is 17.9. The van der Waals surface area contributed by atoms with Crippen molar-refractivity contribution in [3.63, 3.8) is 0 Å². The molecule has 166 valence electrons. The van der Waals surface area contributed by atoms with Crippen LogP contribution in [0.5, 0.6) is 0 Å². The highest BCUT2D eigenvalue weighted by Gasteiger charge is 2.23. The summed E-state index contributed by atoms with van der Waals surface area (Å²) in [5.74, 6) is -1.79. The maximum Gasteiger partial charge on any atom is 0.319 e.